The van der Waals surface area contributed by atoms with Crippen molar-refractivity contribution in [3.05, 3.63) is 0 Å². The molecular formula is C9H10O4. The molecule has 2 unspecified atom stereocenters. The van der Waals surface area contributed by atoms with E-state index in [1.54, 1.807) is 13.8 Å². The molecule has 0 radical (unpaired) electrons. The van der Waals surface area contributed by atoms with Crippen LogP contribution >= 0.6 is 0 Å². The summed E-state index contributed by atoms with van der Waals surface area (Å²) in [6, 6.07) is 0. The van der Waals surface area contributed by atoms with Crippen molar-refractivity contribution in [2.24, 2.45) is 17.3 Å². The SMILES string of the molecule is CC1(C)C(C#CC(=O)O)C1C(=O)O. The van der Waals surface area contributed by atoms with Crippen molar-refractivity contribution in [2.45, 2.75) is 13.8 Å². The van der Waals surface area contributed by atoms with Gasteiger partial charge < -0.3 is 10.2 Å². The minimum Gasteiger partial charge on any atom is -0.481 e. The molecule has 0 heterocycles. The highest BCUT2D eigenvalue weighted by Crippen LogP contribution is 2.57. The van der Waals surface area contributed by atoms with E-state index < -0.39 is 23.3 Å². The largest absolute Gasteiger partial charge is 0.481 e. The molecule has 2 atom stereocenters. The van der Waals surface area contributed by atoms with Crippen molar-refractivity contribution in [3.63, 3.8) is 0 Å². The topological polar surface area (TPSA) is 74.6 Å². The second-order valence-electron chi connectivity index (χ2n) is 3.69. The highest BCUT2D eigenvalue weighted by atomic mass is 16.4. The maximum absolute atomic E-state index is 10.6. The molecule has 0 aromatic heterocycles. The molecule has 4 heteroatoms. The predicted molar refractivity (Wildman–Crippen MR) is 43.8 cm³/mol. The lowest BCUT2D eigenvalue weighted by molar-refractivity contribution is -0.139. The summed E-state index contributed by atoms with van der Waals surface area (Å²) in [7, 11) is 0. The Balaban J connectivity index is 2.73. The number of rotatable bonds is 1. The molecule has 0 aliphatic heterocycles. The van der Waals surface area contributed by atoms with Crippen LogP contribution in [0, 0.1) is 29.1 Å². The molecule has 0 spiro atoms. The Hall–Kier alpha value is -1.50. The summed E-state index contributed by atoms with van der Waals surface area (Å²) < 4.78 is 0. The fourth-order valence-electron chi connectivity index (χ4n) is 1.51. The van der Waals surface area contributed by atoms with Crippen LogP contribution in [0.25, 0.3) is 0 Å². The van der Waals surface area contributed by atoms with Crippen LogP contribution in [-0.4, -0.2) is 22.2 Å². The summed E-state index contributed by atoms with van der Waals surface area (Å²) in [5.41, 5.74) is -0.395. The lowest BCUT2D eigenvalue weighted by atomic mass is 10.1. The van der Waals surface area contributed by atoms with Crippen LogP contribution in [0.4, 0.5) is 0 Å². The molecule has 0 amide bonds. The number of aliphatic carboxylic acids is 2. The van der Waals surface area contributed by atoms with E-state index in [1.165, 1.54) is 0 Å². The Morgan fingerprint density at radius 3 is 2.15 bits per heavy atom. The maximum atomic E-state index is 10.6. The molecule has 0 bridgehead atoms. The lowest BCUT2D eigenvalue weighted by Crippen LogP contribution is -2.03. The van der Waals surface area contributed by atoms with Crippen molar-refractivity contribution in [2.75, 3.05) is 0 Å². The molecule has 0 saturated heterocycles. The molecule has 0 aromatic carbocycles. The van der Waals surface area contributed by atoms with Gasteiger partial charge in [0.15, 0.2) is 0 Å². The van der Waals surface area contributed by atoms with Crippen LogP contribution in [-0.2, 0) is 9.59 Å². The molecule has 0 aromatic rings. The normalized spacial score (nSPS) is 28.5. The van der Waals surface area contributed by atoms with E-state index in [2.05, 4.69) is 5.92 Å². The number of carboxylic acid groups (broad SMARTS) is 2. The molecular weight excluding hydrogens is 172 g/mol. The van der Waals surface area contributed by atoms with Gasteiger partial charge in [0.1, 0.15) is 0 Å². The Morgan fingerprint density at radius 1 is 1.31 bits per heavy atom. The van der Waals surface area contributed by atoms with Crippen LogP contribution < -0.4 is 0 Å². The molecule has 4 nitrogen and oxygen atoms in total. The van der Waals surface area contributed by atoms with E-state index in [1.807, 2.05) is 5.92 Å². The lowest BCUT2D eigenvalue weighted by Gasteiger charge is -1.94. The molecule has 1 fully saturated rings. The fourth-order valence-corrected chi connectivity index (χ4v) is 1.51. The second kappa shape index (κ2) is 2.77. The number of hydrogen-bond donors (Lipinski definition) is 2. The van der Waals surface area contributed by atoms with Crippen molar-refractivity contribution in [3.8, 4) is 11.8 Å². The molecule has 1 aliphatic rings. The zero-order chi connectivity index (χ0) is 10.2. The Morgan fingerprint density at radius 2 is 1.85 bits per heavy atom. The third-order valence-electron chi connectivity index (χ3n) is 2.43. The first-order chi connectivity index (χ1) is 5.87. The number of hydrogen-bond acceptors (Lipinski definition) is 2. The Labute approximate surface area is 75.6 Å². The average Bonchev–Trinajstić information content (AvgIpc) is 2.48. The van der Waals surface area contributed by atoms with E-state index >= 15 is 0 Å². The van der Waals surface area contributed by atoms with Crippen LogP contribution in [0.1, 0.15) is 13.8 Å². The van der Waals surface area contributed by atoms with E-state index in [0.29, 0.717) is 0 Å². The van der Waals surface area contributed by atoms with Gasteiger partial charge in [0, 0.05) is 11.8 Å². The summed E-state index contributed by atoms with van der Waals surface area (Å²) in [5, 5.41) is 17.0. The van der Waals surface area contributed by atoms with Gasteiger partial charge in [-0.15, -0.1) is 0 Å². The quantitative estimate of drug-likeness (QED) is 0.577. The highest BCUT2D eigenvalue weighted by molar-refractivity contribution is 5.87. The zero-order valence-corrected chi connectivity index (χ0v) is 7.37. The number of carbonyl (C=O) groups is 2. The van der Waals surface area contributed by atoms with E-state index in [9.17, 15) is 9.59 Å². The third-order valence-corrected chi connectivity index (χ3v) is 2.43. The minimum absolute atomic E-state index is 0.332. The Bertz CT molecular complexity index is 318. The van der Waals surface area contributed by atoms with Gasteiger partial charge in [-0.2, -0.15) is 0 Å². The monoisotopic (exact) mass is 182 g/mol. The van der Waals surface area contributed by atoms with Crippen molar-refractivity contribution < 1.29 is 19.8 Å². The van der Waals surface area contributed by atoms with Gasteiger partial charge in [-0.05, 0) is 5.41 Å². The maximum Gasteiger partial charge on any atom is 0.381 e. The van der Waals surface area contributed by atoms with Crippen molar-refractivity contribution >= 4 is 11.9 Å². The van der Waals surface area contributed by atoms with E-state index in [-0.39, 0.29) is 5.92 Å². The van der Waals surface area contributed by atoms with Crippen LogP contribution in [0.5, 0.6) is 0 Å². The fraction of sp³-hybridized carbons (Fsp3) is 0.556. The van der Waals surface area contributed by atoms with Gasteiger partial charge in [-0.3, -0.25) is 4.79 Å². The molecule has 13 heavy (non-hydrogen) atoms. The predicted octanol–water partition coefficient (Wildman–Crippen LogP) is 0.431. The number of carboxylic acids is 2. The minimum atomic E-state index is -1.22. The smallest absolute Gasteiger partial charge is 0.381 e. The van der Waals surface area contributed by atoms with E-state index in [4.69, 9.17) is 10.2 Å². The second-order valence-corrected chi connectivity index (χ2v) is 3.69. The van der Waals surface area contributed by atoms with E-state index in [0.717, 1.165) is 0 Å². The zero-order valence-electron chi connectivity index (χ0n) is 7.37. The first kappa shape index (κ1) is 9.59. The summed E-state index contributed by atoms with van der Waals surface area (Å²) in [6.07, 6.45) is 0. The van der Waals surface area contributed by atoms with Gasteiger partial charge in [-0.1, -0.05) is 19.8 Å². The molecule has 70 valence electrons. The third kappa shape index (κ3) is 1.64. The molecule has 1 saturated carbocycles. The van der Waals surface area contributed by atoms with Crippen molar-refractivity contribution in [1.29, 1.82) is 0 Å². The van der Waals surface area contributed by atoms with Gasteiger partial charge >= 0.3 is 11.9 Å². The van der Waals surface area contributed by atoms with Crippen LogP contribution in [0.2, 0.25) is 0 Å². The summed E-state index contributed by atoms with van der Waals surface area (Å²) >= 11 is 0. The summed E-state index contributed by atoms with van der Waals surface area (Å²) in [5.74, 6) is 1.41. The highest BCUT2D eigenvalue weighted by Gasteiger charge is 2.61. The van der Waals surface area contributed by atoms with Gasteiger partial charge in [0.05, 0.1) is 5.92 Å². The first-order valence-electron chi connectivity index (χ1n) is 3.84. The molecule has 1 aliphatic carbocycles. The Kier molecular flexibility index (Phi) is 2.04. The first-order valence-corrected chi connectivity index (χ1v) is 3.84. The summed E-state index contributed by atoms with van der Waals surface area (Å²) in [4.78, 5) is 20.7. The van der Waals surface area contributed by atoms with Crippen molar-refractivity contribution in [1.82, 2.24) is 0 Å². The van der Waals surface area contributed by atoms with Gasteiger partial charge in [0.25, 0.3) is 0 Å². The summed E-state index contributed by atoms with van der Waals surface area (Å²) in [6.45, 7) is 3.54. The van der Waals surface area contributed by atoms with Gasteiger partial charge in [0.2, 0.25) is 0 Å². The van der Waals surface area contributed by atoms with Gasteiger partial charge in [-0.25, -0.2) is 4.79 Å². The van der Waals surface area contributed by atoms with Crippen LogP contribution in [0.3, 0.4) is 0 Å². The average molecular weight is 182 g/mol. The molecule has 2 N–H and O–H groups in total. The van der Waals surface area contributed by atoms with Crippen LogP contribution in [0.15, 0.2) is 0 Å². The molecule has 1 rings (SSSR count). The standard InChI is InChI=1S/C9H10O4/c1-9(2)5(3-4-6(10)11)7(9)8(12)13/h5,7H,1-2H3,(H,10,11)(H,12,13).